The number of para-hydroxylation sites is 1. The Hall–Kier alpha value is -2.11. The second-order valence-corrected chi connectivity index (χ2v) is 4.09. The number of likely N-dealkylation sites (tertiary alicyclic amines) is 1. The molecule has 0 saturated carbocycles. The molecule has 18 heavy (non-hydrogen) atoms. The van der Waals surface area contributed by atoms with Crippen molar-refractivity contribution in [1.82, 2.24) is 4.90 Å². The summed E-state index contributed by atoms with van der Waals surface area (Å²) >= 11 is 0. The van der Waals surface area contributed by atoms with E-state index < -0.39 is 17.8 Å². The molecular formula is C12H13FN2O3. The van der Waals surface area contributed by atoms with E-state index in [1.165, 1.54) is 17.0 Å². The zero-order valence-corrected chi connectivity index (χ0v) is 9.65. The summed E-state index contributed by atoms with van der Waals surface area (Å²) < 4.78 is 13.6. The van der Waals surface area contributed by atoms with E-state index in [1.807, 2.05) is 0 Å². The molecule has 0 atom stereocenters. The number of hydrogen-bond donors (Lipinski definition) is 2. The Morgan fingerprint density at radius 2 is 1.94 bits per heavy atom. The zero-order valence-electron chi connectivity index (χ0n) is 9.65. The van der Waals surface area contributed by atoms with Crippen LogP contribution in [0.4, 0.5) is 14.9 Å². The second-order valence-electron chi connectivity index (χ2n) is 4.09. The number of urea groups is 1. The summed E-state index contributed by atoms with van der Waals surface area (Å²) in [7, 11) is 0. The van der Waals surface area contributed by atoms with Crippen LogP contribution in [0.2, 0.25) is 0 Å². The van der Waals surface area contributed by atoms with Crippen LogP contribution in [0.15, 0.2) is 18.2 Å². The summed E-state index contributed by atoms with van der Waals surface area (Å²) in [6.45, 7) is 1.23. The van der Waals surface area contributed by atoms with Crippen LogP contribution in [0.25, 0.3) is 0 Å². The van der Waals surface area contributed by atoms with Crippen LogP contribution in [-0.2, 0) is 0 Å². The summed E-state index contributed by atoms with van der Waals surface area (Å²) in [6.07, 6.45) is 1.83. The molecule has 1 aliphatic heterocycles. The maximum Gasteiger partial charge on any atom is 0.337 e. The lowest BCUT2D eigenvalue weighted by Gasteiger charge is -2.17. The smallest absolute Gasteiger partial charge is 0.337 e. The predicted molar refractivity (Wildman–Crippen MR) is 63.2 cm³/mol. The lowest BCUT2D eigenvalue weighted by Crippen LogP contribution is -2.33. The van der Waals surface area contributed by atoms with Crippen molar-refractivity contribution < 1.29 is 19.1 Å². The Bertz CT molecular complexity index is 484. The van der Waals surface area contributed by atoms with Gasteiger partial charge in [0.2, 0.25) is 0 Å². The minimum Gasteiger partial charge on any atom is -0.478 e. The maximum absolute atomic E-state index is 13.6. The SMILES string of the molecule is O=C(O)c1cccc(F)c1NC(=O)N1CCCC1. The molecule has 0 bridgehead atoms. The van der Waals surface area contributed by atoms with Gasteiger partial charge in [0.05, 0.1) is 11.3 Å². The van der Waals surface area contributed by atoms with Crippen LogP contribution in [0.3, 0.4) is 0 Å². The van der Waals surface area contributed by atoms with Crippen molar-refractivity contribution in [3.8, 4) is 0 Å². The van der Waals surface area contributed by atoms with Gasteiger partial charge in [-0.15, -0.1) is 0 Å². The van der Waals surface area contributed by atoms with Gasteiger partial charge in [-0.1, -0.05) is 6.07 Å². The number of benzene rings is 1. The second kappa shape index (κ2) is 5.03. The number of aromatic carboxylic acids is 1. The zero-order chi connectivity index (χ0) is 13.1. The average Bonchev–Trinajstić information content (AvgIpc) is 2.85. The van der Waals surface area contributed by atoms with Crippen molar-refractivity contribution in [2.24, 2.45) is 0 Å². The highest BCUT2D eigenvalue weighted by atomic mass is 19.1. The average molecular weight is 252 g/mol. The largest absolute Gasteiger partial charge is 0.478 e. The Morgan fingerprint density at radius 3 is 2.56 bits per heavy atom. The number of nitrogens with zero attached hydrogens (tertiary/aromatic N) is 1. The van der Waals surface area contributed by atoms with Crippen molar-refractivity contribution >= 4 is 17.7 Å². The van der Waals surface area contributed by atoms with E-state index >= 15 is 0 Å². The predicted octanol–water partition coefficient (Wildman–Crippen LogP) is 2.15. The van der Waals surface area contributed by atoms with E-state index in [2.05, 4.69) is 5.32 Å². The molecule has 1 saturated heterocycles. The fraction of sp³-hybridized carbons (Fsp3) is 0.333. The van der Waals surface area contributed by atoms with Crippen molar-refractivity contribution in [3.63, 3.8) is 0 Å². The Labute approximate surface area is 103 Å². The summed E-state index contributed by atoms with van der Waals surface area (Å²) in [6, 6.07) is 3.21. The van der Waals surface area contributed by atoms with Gasteiger partial charge in [-0.05, 0) is 25.0 Å². The number of carbonyl (C=O) groups is 2. The lowest BCUT2D eigenvalue weighted by atomic mass is 10.1. The maximum atomic E-state index is 13.6. The molecule has 96 valence electrons. The van der Waals surface area contributed by atoms with E-state index in [1.54, 1.807) is 0 Å². The van der Waals surface area contributed by atoms with Crippen molar-refractivity contribution in [3.05, 3.63) is 29.6 Å². The first kappa shape index (κ1) is 12.3. The lowest BCUT2D eigenvalue weighted by molar-refractivity contribution is 0.0697. The standard InChI is InChI=1S/C12H13FN2O3/c13-9-5-3-4-8(11(16)17)10(9)14-12(18)15-6-1-2-7-15/h3-5H,1-2,6-7H2,(H,14,18)(H,16,17). The first-order valence-corrected chi connectivity index (χ1v) is 5.67. The van der Waals surface area contributed by atoms with E-state index in [-0.39, 0.29) is 11.3 Å². The monoisotopic (exact) mass is 252 g/mol. The number of carboxylic acid groups (broad SMARTS) is 1. The van der Waals surface area contributed by atoms with Gasteiger partial charge in [0, 0.05) is 13.1 Å². The van der Waals surface area contributed by atoms with E-state index in [4.69, 9.17) is 5.11 Å². The number of nitrogens with one attached hydrogen (secondary N) is 1. The third-order valence-corrected chi connectivity index (χ3v) is 2.87. The van der Waals surface area contributed by atoms with E-state index in [0.717, 1.165) is 18.9 Å². The van der Waals surface area contributed by atoms with Crippen LogP contribution in [0.1, 0.15) is 23.2 Å². The van der Waals surface area contributed by atoms with Gasteiger partial charge in [-0.2, -0.15) is 0 Å². The third-order valence-electron chi connectivity index (χ3n) is 2.87. The van der Waals surface area contributed by atoms with Crippen LogP contribution in [0, 0.1) is 5.82 Å². The summed E-state index contributed by atoms with van der Waals surface area (Å²) in [5.74, 6) is -2.02. The van der Waals surface area contributed by atoms with Gasteiger partial charge < -0.3 is 15.3 Å². The molecule has 6 heteroatoms. The molecular weight excluding hydrogens is 239 g/mol. The molecule has 1 aromatic carbocycles. The molecule has 0 spiro atoms. The van der Waals surface area contributed by atoms with Gasteiger partial charge in [0.25, 0.3) is 0 Å². The number of halogens is 1. The van der Waals surface area contributed by atoms with Crippen molar-refractivity contribution in [2.45, 2.75) is 12.8 Å². The van der Waals surface area contributed by atoms with E-state index in [9.17, 15) is 14.0 Å². The molecule has 1 heterocycles. The Morgan fingerprint density at radius 1 is 1.28 bits per heavy atom. The Balaban J connectivity index is 2.22. The number of carboxylic acids is 1. The van der Waals surface area contributed by atoms with Gasteiger partial charge in [0.1, 0.15) is 5.82 Å². The quantitative estimate of drug-likeness (QED) is 0.847. The van der Waals surface area contributed by atoms with Crippen molar-refractivity contribution in [1.29, 1.82) is 0 Å². The highest BCUT2D eigenvalue weighted by molar-refractivity contribution is 6.00. The molecule has 0 aliphatic carbocycles. The minimum absolute atomic E-state index is 0.248. The third kappa shape index (κ3) is 2.42. The fourth-order valence-electron chi connectivity index (χ4n) is 1.94. The van der Waals surface area contributed by atoms with Gasteiger partial charge in [-0.25, -0.2) is 14.0 Å². The molecule has 0 unspecified atom stereocenters. The van der Waals surface area contributed by atoms with Gasteiger partial charge >= 0.3 is 12.0 Å². The molecule has 1 aromatic rings. The topological polar surface area (TPSA) is 69.6 Å². The molecule has 5 nitrogen and oxygen atoms in total. The normalized spacial score (nSPS) is 14.6. The molecule has 0 radical (unpaired) electrons. The first-order valence-electron chi connectivity index (χ1n) is 5.67. The van der Waals surface area contributed by atoms with Crippen LogP contribution >= 0.6 is 0 Å². The number of carbonyl (C=O) groups excluding carboxylic acids is 1. The van der Waals surface area contributed by atoms with Crippen molar-refractivity contribution in [2.75, 3.05) is 18.4 Å². The van der Waals surface area contributed by atoms with Crippen LogP contribution in [0.5, 0.6) is 0 Å². The summed E-state index contributed by atoms with van der Waals surface area (Å²) in [5, 5.41) is 11.3. The fourth-order valence-corrected chi connectivity index (χ4v) is 1.94. The molecule has 2 rings (SSSR count). The first-order chi connectivity index (χ1) is 8.59. The highest BCUT2D eigenvalue weighted by Gasteiger charge is 2.21. The van der Waals surface area contributed by atoms with E-state index in [0.29, 0.717) is 13.1 Å². The minimum atomic E-state index is -1.27. The van der Waals surface area contributed by atoms with Gasteiger partial charge in [-0.3, -0.25) is 0 Å². The number of amides is 2. The van der Waals surface area contributed by atoms with Gasteiger partial charge in [0.15, 0.2) is 0 Å². The highest BCUT2D eigenvalue weighted by Crippen LogP contribution is 2.21. The summed E-state index contributed by atoms with van der Waals surface area (Å²) in [4.78, 5) is 24.3. The Kier molecular flexibility index (Phi) is 3.45. The molecule has 2 amide bonds. The number of hydrogen-bond acceptors (Lipinski definition) is 2. The summed E-state index contributed by atoms with van der Waals surface area (Å²) in [5.41, 5.74) is -0.524. The number of anilines is 1. The van der Waals surface area contributed by atoms with Crippen LogP contribution < -0.4 is 5.32 Å². The molecule has 2 N–H and O–H groups in total. The molecule has 1 aliphatic rings. The van der Waals surface area contributed by atoms with Crippen LogP contribution in [-0.4, -0.2) is 35.1 Å². The molecule has 0 aromatic heterocycles. The molecule has 1 fully saturated rings. The number of rotatable bonds is 2.